The lowest BCUT2D eigenvalue weighted by molar-refractivity contribution is -0.118. The Morgan fingerprint density at radius 2 is 1.33 bits per heavy atom. The van der Waals surface area contributed by atoms with Crippen LogP contribution in [0.1, 0.15) is 0 Å². The molecule has 1 heterocycles. The number of para-hydroxylation sites is 2. The number of rotatable bonds is 5. The van der Waals surface area contributed by atoms with Gasteiger partial charge in [0.15, 0.2) is 12.5 Å². The Bertz CT molecular complexity index is 705. The van der Waals surface area contributed by atoms with Crippen LogP contribution in [0.4, 0.5) is 11.4 Å². The number of nitrogens with zero attached hydrogens (tertiary/aromatic N) is 2. The van der Waals surface area contributed by atoms with Crippen molar-refractivity contribution in [2.24, 2.45) is 5.92 Å². The zero-order valence-electron chi connectivity index (χ0n) is 13.1. The van der Waals surface area contributed by atoms with Gasteiger partial charge in [-0.2, -0.15) is 0 Å². The Balaban J connectivity index is 2.09. The normalized spacial score (nSPS) is 23.6. The predicted octanol–water partition coefficient (Wildman–Crippen LogP) is 1.92. The van der Waals surface area contributed by atoms with Crippen LogP contribution in [0.15, 0.2) is 60.7 Å². The third kappa shape index (κ3) is 2.80. The second-order valence-electron chi connectivity index (χ2n) is 5.71. The summed E-state index contributed by atoms with van der Waals surface area (Å²) in [6.45, 7) is 0.323. The van der Waals surface area contributed by atoms with Crippen molar-refractivity contribution < 1.29 is 14.4 Å². The van der Waals surface area contributed by atoms with Crippen LogP contribution < -0.4 is 9.80 Å². The standard InChI is InChI=1S/C19H18N2O3/c22-12-15-11-20(16-7-3-1-4-8-16)19(14-24)21(18(15)13-23)17-9-5-2-6-10-17/h1-10,12-15,18-19H,11H2. The van der Waals surface area contributed by atoms with Crippen LogP contribution in [0.2, 0.25) is 0 Å². The molecule has 5 nitrogen and oxygen atoms in total. The van der Waals surface area contributed by atoms with E-state index in [1.807, 2.05) is 65.6 Å². The molecular formula is C19H18N2O3. The van der Waals surface area contributed by atoms with Gasteiger partial charge in [-0.25, -0.2) is 0 Å². The zero-order valence-corrected chi connectivity index (χ0v) is 13.1. The van der Waals surface area contributed by atoms with Gasteiger partial charge in [-0.15, -0.1) is 0 Å². The van der Waals surface area contributed by atoms with E-state index in [2.05, 4.69) is 0 Å². The fourth-order valence-electron chi connectivity index (χ4n) is 3.21. The van der Waals surface area contributed by atoms with Crippen LogP contribution in [0.3, 0.4) is 0 Å². The van der Waals surface area contributed by atoms with Gasteiger partial charge in [0.2, 0.25) is 0 Å². The number of anilines is 2. The van der Waals surface area contributed by atoms with Crippen LogP contribution in [-0.2, 0) is 14.4 Å². The minimum Gasteiger partial charge on any atom is -0.344 e. The van der Waals surface area contributed by atoms with E-state index in [4.69, 9.17) is 0 Å². The molecule has 0 N–H and O–H groups in total. The van der Waals surface area contributed by atoms with Gasteiger partial charge < -0.3 is 19.4 Å². The Kier molecular flexibility index (Phi) is 4.70. The van der Waals surface area contributed by atoms with E-state index in [1.165, 1.54) is 0 Å². The average molecular weight is 322 g/mol. The first-order valence-electron chi connectivity index (χ1n) is 7.81. The third-order valence-corrected chi connectivity index (χ3v) is 4.35. The molecule has 1 aliphatic rings. The van der Waals surface area contributed by atoms with Crippen LogP contribution >= 0.6 is 0 Å². The van der Waals surface area contributed by atoms with Crippen molar-refractivity contribution in [3.8, 4) is 0 Å². The number of aldehydes is 3. The van der Waals surface area contributed by atoms with Crippen molar-refractivity contribution in [2.45, 2.75) is 12.2 Å². The summed E-state index contributed by atoms with van der Waals surface area (Å²) >= 11 is 0. The summed E-state index contributed by atoms with van der Waals surface area (Å²) in [5.41, 5.74) is 1.57. The highest BCUT2D eigenvalue weighted by atomic mass is 16.1. The molecule has 0 aliphatic carbocycles. The Hall–Kier alpha value is -2.95. The zero-order chi connectivity index (χ0) is 16.9. The molecule has 2 aromatic carbocycles. The van der Waals surface area contributed by atoms with E-state index >= 15 is 0 Å². The van der Waals surface area contributed by atoms with E-state index < -0.39 is 18.1 Å². The molecule has 1 saturated heterocycles. The summed E-state index contributed by atoms with van der Waals surface area (Å²) in [4.78, 5) is 38.7. The second-order valence-corrected chi connectivity index (χ2v) is 5.71. The summed E-state index contributed by atoms with van der Waals surface area (Å²) in [5, 5.41) is 0. The number of hydrogen-bond donors (Lipinski definition) is 0. The number of hydrogen-bond acceptors (Lipinski definition) is 5. The summed E-state index contributed by atoms with van der Waals surface area (Å²) in [6, 6.07) is 18.0. The minimum absolute atomic E-state index is 0.323. The molecule has 0 aromatic heterocycles. The van der Waals surface area contributed by atoms with Crippen molar-refractivity contribution in [1.82, 2.24) is 0 Å². The summed E-state index contributed by atoms with van der Waals surface area (Å²) in [7, 11) is 0. The van der Waals surface area contributed by atoms with Gasteiger partial charge in [-0.1, -0.05) is 36.4 Å². The topological polar surface area (TPSA) is 57.7 Å². The van der Waals surface area contributed by atoms with E-state index in [1.54, 1.807) is 4.90 Å². The minimum atomic E-state index is -0.667. The molecule has 0 bridgehead atoms. The molecule has 3 atom stereocenters. The molecule has 5 heteroatoms. The number of carbonyl (C=O) groups is 3. The fourth-order valence-corrected chi connectivity index (χ4v) is 3.21. The molecule has 24 heavy (non-hydrogen) atoms. The van der Waals surface area contributed by atoms with Gasteiger partial charge in [0, 0.05) is 17.9 Å². The maximum atomic E-state index is 11.9. The van der Waals surface area contributed by atoms with Crippen molar-refractivity contribution in [3.05, 3.63) is 60.7 Å². The van der Waals surface area contributed by atoms with Crippen LogP contribution in [0, 0.1) is 5.92 Å². The van der Waals surface area contributed by atoms with Crippen molar-refractivity contribution in [2.75, 3.05) is 16.3 Å². The van der Waals surface area contributed by atoms with E-state index in [0.29, 0.717) is 6.54 Å². The maximum Gasteiger partial charge on any atom is 0.163 e. The first kappa shape index (κ1) is 15.9. The van der Waals surface area contributed by atoms with Gasteiger partial charge in [0.25, 0.3) is 0 Å². The lowest BCUT2D eigenvalue weighted by atomic mass is 9.94. The highest BCUT2D eigenvalue weighted by molar-refractivity contribution is 5.82. The molecule has 1 fully saturated rings. The molecule has 0 amide bonds. The quantitative estimate of drug-likeness (QED) is 0.787. The Morgan fingerprint density at radius 1 is 0.750 bits per heavy atom. The average Bonchev–Trinajstić information content (AvgIpc) is 2.67. The number of carbonyl (C=O) groups excluding carboxylic acids is 3. The van der Waals surface area contributed by atoms with Gasteiger partial charge in [-0.3, -0.25) is 4.79 Å². The molecule has 122 valence electrons. The molecular weight excluding hydrogens is 304 g/mol. The lowest BCUT2D eigenvalue weighted by Crippen LogP contribution is -2.64. The van der Waals surface area contributed by atoms with E-state index in [-0.39, 0.29) is 0 Å². The molecule has 1 aliphatic heterocycles. The highest BCUT2D eigenvalue weighted by Gasteiger charge is 2.41. The summed E-state index contributed by atoms with van der Waals surface area (Å²) in [5.74, 6) is -0.515. The fraction of sp³-hybridized carbons (Fsp3) is 0.211. The Morgan fingerprint density at radius 3 is 1.83 bits per heavy atom. The lowest BCUT2D eigenvalue weighted by Gasteiger charge is -2.48. The summed E-state index contributed by atoms with van der Waals surface area (Å²) < 4.78 is 0. The van der Waals surface area contributed by atoms with E-state index in [9.17, 15) is 14.4 Å². The maximum absolute atomic E-state index is 11.9. The van der Waals surface area contributed by atoms with Crippen LogP contribution in [-0.4, -0.2) is 37.6 Å². The van der Waals surface area contributed by atoms with Crippen molar-refractivity contribution in [1.29, 1.82) is 0 Å². The SMILES string of the molecule is O=CC1CN(c2ccccc2)C(C=O)N(c2ccccc2)C1C=O. The smallest absolute Gasteiger partial charge is 0.163 e. The van der Waals surface area contributed by atoms with Gasteiger partial charge in [-0.05, 0) is 24.3 Å². The van der Waals surface area contributed by atoms with Crippen LogP contribution in [0.25, 0.3) is 0 Å². The molecule has 2 aromatic rings. The molecule has 3 rings (SSSR count). The van der Waals surface area contributed by atoms with Gasteiger partial charge in [0.1, 0.15) is 12.6 Å². The summed E-state index contributed by atoms with van der Waals surface area (Å²) in [6.07, 6.45) is 1.72. The highest BCUT2D eigenvalue weighted by Crippen LogP contribution is 2.31. The monoisotopic (exact) mass is 322 g/mol. The van der Waals surface area contributed by atoms with Gasteiger partial charge in [0.05, 0.1) is 12.0 Å². The van der Waals surface area contributed by atoms with Crippen molar-refractivity contribution >= 4 is 30.2 Å². The molecule has 0 saturated carbocycles. The van der Waals surface area contributed by atoms with E-state index in [0.717, 1.165) is 30.2 Å². The Labute approximate surface area is 140 Å². The second kappa shape index (κ2) is 7.08. The molecule has 0 spiro atoms. The van der Waals surface area contributed by atoms with Crippen molar-refractivity contribution in [3.63, 3.8) is 0 Å². The first-order chi connectivity index (χ1) is 11.8. The van der Waals surface area contributed by atoms with Crippen LogP contribution in [0.5, 0.6) is 0 Å². The first-order valence-corrected chi connectivity index (χ1v) is 7.81. The third-order valence-electron chi connectivity index (χ3n) is 4.35. The predicted molar refractivity (Wildman–Crippen MR) is 92.0 cm³/mol. The molecule has 3 unspecified atom stereocenters. The van der Waals surface area contributed by atoms with Gasteiger partial charge >= 0.3 is 0 Å². The number of benzene rings is 2. The molecule has 0 radical (unpaired) electrons. The largest absolute Gasteiger partial charge is 0.344 e.